The molecule has 1 aliphatic heterocycles. The lowest BCUT2D eigenvalue weighted by Crippen LogP contribution is -2.74. The predicted molar refractivity (Wildman–Crippen MR) is 44.5 cm³/mol. The largest absolute Gasteiger partial charge is 0.372 e. The van der Waals surface area contributed by atoms with E-state index in [9.17, 15) is 0 Å². The van der Waals surface area contributed by atoms with Crippen molar-refractivity contribution in [2.24, 2.45) is 5.41 Å². The molecule has 0 bridgehead atoms. The summed E-state index contributed by atoms with van der Waals surface area (Å²) in [5.41, 5.74) is 0.509. The van der Waals surface area contributed by atoms with Crippen molar-refractivity contribution in [2.45, 2.75) is 38.5 Å². The monoisotopic (exact) mass is 155 g/mol. The Balaban J connectivity index is 2.00. The van der Waals surface area contributed by atoms with Gasteiger partial charge in [0.15, 0.2) is 0 Å². The average molecular weight is 155 g/mol. The van der Waals surface area contributed by atoms with Crippen LogP contribution in [0.5, 0.6) is 0 Å². The molecule has 0 aromatic rings. The van der Waals surface area contributed by atoms with E-state index in [0.717, 1.165) is 0 Å². The normalized spacial score (nSPS) is 54.8. The topological polar surface area (TPSA) is 12.5 Å². The summed E-state index contributed by atoms with van der Waals surface area (Å²) in [4.78, 5) is 2.28. The van der Waals surface area contributed by atoms with Crippen molar-refractivity contribution < 1.29 is 4.74 Å². The van der Waals surface area contributed by atoms with E-state index in [1.54, 1.807) is 0 Å². The van der Waals surface area contributed by atoms with Crippen molar-refractivity contribution in [2.75, 3.05) is 14.1 Å². The van der Waals surface area contributed by atoms with Crippen LogP contribution in [0.1, 0.15) is 20.3 Å². The van der Waals surface area contributed by atoms with Crippen LogP contribution in [0.2, 0.25) is 0 Å². The highest BCUT2D eigenvalue weighted by molar-refractivity contribution is 5.13. The molecule has 64 valence electrons. The van der Waals surface area contributed by atoms with E-state index in [2.05, 4.69) is 32.8 Å². The molecule has 1 aliphatic carbocycles. The number of fused-ring (bicyclic) bond motifs is 1. The Hall–Kier alpha value is -0.0800. The minimum absolute atomic E-state index is 0.490. The lowest BCUT2D eigenvalue weighted by atomic mass is 9.56. The molecule has 2 heteroatoms. The lowest BCUT2D eigenvalue weighted by molar-refractivity contribution is -0.318. The Bertz CT molecular complexity index is 180. The fourth-order valence-electron chi connectivity index (χ4n) is 2.35. The lowest BCUT2D eigenvalue weighted by Gasteiger charge is -2.66. The maximum atomic E-state index is 5.67. The molecule has 4 unspecified atom stereocenters. The van der Waals surface area contributed by atoms with Crippen molar-refractivity contribution in [3.8, 4) is 0 Å². The van der Waals surface area contributed by atoms with Gasteiger partial charge in [0.2, 0.25) is 0 Å². The smallest absolute Gasteiger partial charge is 0.0812 e. The molecule has 1 heterocycles. The molecule has 0 radical (unpaired) electrons. The van der Waals surface area contributed by atoms with Crippen LogP contribution in [0.4, 0.5) is 0 Å². The number of ether oxygens (including phenoxy) is 1. The Kier molecular flexibility index (Phi) is 1.37. The molecule has 1 saturated heterocycles. The first-order valence-electron chi connectivity index (χ1n) is 4.37. The third-order valence-electron chi connectivity index (χ3n) is 3.59. The first-order chi connectivity index (χ1) is 5.05. The van der Waals surface area contributed by atoms with Crippen LogP contribution in [0.25, 0.3) is 0 Å². The zero-order chi connectivity index (χ0) is 8.22. The molecular formula is C9H17NO. The zero-order valence-corrected chi connectivity index (χ0v) is 7.79. The van der Waals surface area contributed by atoms with Crippen LogP contribution in [-0.2, 0) is 4.74 Å². The molecule has 0 amide bonds. The first-order valence-corrected chi connectivity index (χ1v) is 4.37. The molecule has 2 nitrogen and oxygen atoms in total. The number of hydrogen-bond acceptors (Lipinski definition) is 2. The van der Waals surface area contributed by atoms with Crippen LogP contribution in [0, 0.1) is 5.41 Å². The summed E-state index contributed by atoms with van der Waals surface area (Å²) in [5, 5.41) is 0. The van der Waals surface area contributed by atoms with Crippen molar-refractivity contribution in [1.82, 2.24) is 4.90 Å². The van der Waals surface area contributed by atoms with Gasteiger partial charge in [-0.1, -0.05) is 6.92 Å². The molecular weight excluding hydrogens is 138 g/mol. The van der Waals surface area contributed by atoms with Crippen molar-refractivity contribution >= 4 is 0 Å². The summed E-state index contributed by atoms with van der Waals surface area (Å²) in [6, 6.07) is 0.677. The van der Waals surface area contributed by atoms with Gasteiger partial charge in [-0.25, -0.2) is 0 Å². The molecule has 0 N–H and O–H groups in total. The van der Waals surface area contributed by atoms with Crippen LogP contribution in [0.3, 0.4) is 0 Å². The van der Waals surface area contributed by atoms with Gasteiger partial charge >= 0.3 is 0 Å². The van der Waals surface area contributed by atoms with Gasteiger partial charge in [-0.05, 0) is 27.4 Å². The summed E-state index contributed by atoms with van der Waals surface area (Å²) in [6.07, 6.45) is 2.32. The van der Waals surface area contributed by atoms with Gasteiger partial charge in [0.05, 0.1) is 12.2 Å². The Morgan fingerprint density at radius 1 is 1.45 bits per heavy atom. The summed E-state index contributed by atoms with van der Waals surface area (Å²) >= 11 is 0. The molecule has 0 spiro atoms. The highest BCUT2D eigenvalue weighted by Gasteiger charge is 2.63. The van der Waals surface area contributed by atoms with Gasteiger partial charge in [0, 0.05) is 11.5 Å². The molecule has 2 fully saturated rings. The molecule has 0 aromatic heterocycles. The van der Waals surface area contributed by atoms with Crippen molar-refractivity contribution in [1.29, 1.82) is 0 Å². The van der Waals surface area contributed by atoms with Crippen LogP contribution >= 0.6 is 0 Å². The molecule has 2 aliphatic rings. The quantitative estimate of drug-likeness (QED) is 0.562. The summed E-state index contributed by atoms with van der Waals surface area (Å²) in [5.74, 6) is 0. The zero-order valence-electron chi connectivity index (χ0n) is 7.79. The minimum atomic E-state index is 0.490. The third kappa shape index (κ3) is 0.744. The van der Waals surface area contributed by atoms with E-state index in [-0.39, 0.29) is 0 Å². The maximum absolute atomic E-state index is 5.67. The van der Waals surface area contributed by atoms with E-state index in [0.29, 0.717) is 23.7 Å². The molecule has 0 aromatic carbocycles. The molecule has 1 saturated carbocycles. The maximum Gasteiger partial charge on any atom is 0.0812 e. The number of nitrogens with zero attached hydrogens (tertiary/aromatic N) is 1. The van der Waals surface area contributed by atoms with E-state index >= 15 is 0 Å². The Labute approximate surface area is 68.5 Å². The van der Waals surface area contributed by atoms with E-state index < -0.39 is 0 Å². The summed E-state index contributed by atoms with van der Waals surface area (Å²) < 4.78 is 5.67. The Morgan fingerprint density at radius 2 is 2.09 bits per heavy atom. The average Bonchev–Trinajstić information content (AvgIpc) is 1.95. The van der Waals surface area contributed by atoms with Crippen molar-refractivity contribution in [3.05, 3.63) is 0 Å². The standard InChI is InChI=1S/C9H17NO/c1-6-9(2)5-7(10(3)4)8(9)11-6/h6-8H,5H2,1-4H3. The van der Waals surface area contributed by atoms with Crippen LogP contribution in [-0.4, -0.2) is 37.2 Å². The fraction of sp³-hybridized carbons (Fsp3) is 1.00. The highest BCUT2D eigenvalue weighted by atomic mass is 16.5. The van der Waals surface area contributed by atoms with Crippen LogP contribution < -0.4 is 0 Å². The second kappa shape index (κ2) is 1.99. The third-order valence-corrected chi connectivity index (χ3v) is 3.59. The van der Waals surface area contributed by atoms with Crippen molar-refractivity contribution in [3.63, 3.8) is 0 Å². The van der Waals surface area contributed by atoms with Gasteiger partial charge in [0.25, 0.3) is 0 Å². The van der Waals surface area contributed by atoms with Gasteiger partial charge < -0.3 is 9.64 Å². The highest BCUT2D eigenvalue weighted by Crippen LogP contribution is 2.56. The molecule has 4 atom stereocenters. The number of hydrogen-bond donors (Lipinski definition) is 0. The van der Waals surface area contributed by atoms with E-state index in [1.165, 1.54) is 6.42 Å². The Morgan fingerprint density at radius 3 is 2.36 bits per heavy atom. The number of likely N-dealkylation sites (N-methyl/N-ethyl adjacent to an activating group) is 1. The minimum Gasteiger partial charge on any atom is -0.372 e. The predicted octanol–water partition coefficient (Wildman–Crippen LogP) is 1.11. The summed E-state index contributed by atoms with van der Waals surface area (Å²) in [7, 11) is 4.27. The van der Waals surface area contributed by atoms with E-state index in [4.69, 9.17) is 4.74 Å². The van der Waals surface area contributed by atoms with Gasteiger partial charge in [-0.2, -0.15) is 0 Å². The fourth-order valence-corrected chi connectivity index (χ4v) is 2.35. The summed E-state index contributed by atoms with van der Waals surface area (Å²) in [6.45, 7) is 4.52. The second-order valence-corrected chi connectivity index (χ2v) is 4.44. The molecule has 2 rings (SSSR count). The van der Waals surface area contributed by atoms with E-state index in [1.807, 2.05) is 0 Å². The SMILES string of the molecule is CC1OC2C(N(C)C)CC12C. The van der Waals surface area contributed by atoms with Gasteiger partial charge in [-0.3, -0.25) is 0 Å². The van der Waals surface area contributed by atoms with Gasteiger partial charge in [0.1, 0.15) is 0 Å². The first kappa shape index (κ1) is 7.56. The number of rotatable bonds is 1. The van der Waals surface area contributed by atoms with Crippen LogP contribution in [0.15, 0.2) is 0 Å². The molecule has 11 heavy (non-hydrogen) atoms. The van der Waals surface area contributed by atoms with Gasteiger partial charge in [-0.15, -0.1) is 0 Å². The second-order valence-electron chi connectivity index (χ2n) is 4.44.